The Labute approximate surface area is 126 Å². The number of sulfonamides is 1. The highest BCUT2D eigenvalue weighted by Crippen LogP contribution is 2.36. The van der Waals surface area contributed by atoms with Gasteiger partial charge in [0, 0.05) is 10.4 Å². The van der Waals surface area contributed by atoms with Gasteiger partial charge in [-0.05, 0) is 39.2 Å². The summed E-state index contributed by atoms with van der Waals surface area (Å²) in [5.41, 5.74) is -0.833. The molecular formula is C12H16F3NO3S2. The fraction of sp³-hybridized carbons (Fsp3) is 0.500. The van der Waals surface area contributed by atoms with Crippen molar-refractivity contribution in [2.75, 3.05) is 6.26 Å². The number of thioether (sulfide) groups is 1. The van der Waals surface area contributed by atoms with Crippen LogP contribution in [0.2, 0.25) is 0 Å². The zero-order valence-corrected chi connectivity index (χ0v) is 13.5. The number of rotatable bonds is 4. The summed E-state index contributed by atoms with van der Waals surface area (Å²) in [5.74, 6) is -0.744. The second kappa shape index (κ2) is 6.05. The standard InChI is InChI=1S/C12H16F3NO3S2/c1-11(2,3)16-21(17,18)10-8(19-12(13,14)15)6-5-7-9(10)20-4/h5-7,16H,1-4H3. The molecule has 0 atom stereocenters. The highest BCUT2D eigenvalue weighted by Gasteiger charge is 2.36. The third kappa shape index (κ3) is 5.40. The van der Waals surface area contributed by atoms with Gasteiger partial charge >= 0.3 is 6.36 Å². The van der Waals surface area contributed by atoms with E-state index >= 15 is 0 Å². The summed E-state index contributed by atoms with van der Waals surface area (Å²) in [6.07, 6.45) is -3.40. The van der Waals surface area contributed by atoms with Gasteiger partial charge in [-0.15, -0.1) is 24.9 Å². The molecule has 0 fully saturated rings. The van der Waals surface area contributed by atoms with Gasteiger partial charge in [-0.25, -0.2) is 13.1 Å². The van der Waals surface area contributed by atoms with Crippen LogP contribution in [-0.4, -0.2) is 26.6 Å². The molecule has 0 aliphatic rings. The average molecular weight is 343 g/mol. The SMILES string of the molecule is CSc1cccc(OC(F)(F)F)c1S(=O)(=O)NC(C)(C)C. The summed E-state index contributed by atoms with van der Waals surface area (Å²) >= 11 is 1.02. The van der Waals surface area contributed by atoms with E-state index in [-0.39, 0.29) is 4.90 Å². The molecule has 0 spiro atoms. The number of halogens is 3. The van der Waals surface area contributed by atoms with Gasteiger partial charge in [0.05, 0.1) is 0 Å². The fourth-order valence-corrected chi connectivity index (χ4v) is 4.28. The Kier molecular flexibility index (Phi) is 5.22. The van der Waals surface area contributed by atoms with Crippen LogP contribution in [0.4, 0.5) is 13.2 Å². The molecule has 1 rings (SSSR count). The molecule has 1 aromatic rings. The average Bonchev–Trinajstić information content (AvgIpc) is 2.22. The molecule has 21 heavy (non-hydrogen) atoms. The van der Waals surface area contributed by atoms with E-state index in [1.807, 2.05) is 0 Å². The smallest absolute Gasteiger partial charge is 0.404 e. The molecule has 4 nitrogen and oxygen atoms in total. The lowest BCUT2D eigenvalue weighted by molar-refractivity contribution is -0.275. The van der Waals surface area contributed by atoms with E-state index < -0.39 is 32.6 Å². The van der Waals surface area contributed by atoms with Crippen molar-refractivity contribution in [3.8, 4) is 5.75 Å². The van der Waals surface area contributed by atoms with E-state index in [0.717, 1.165) is 17.8 Å². The molecule has 0 saturated heterocycles. The molecule has 1 N–H and O–H groups in total. The van der Waals surface area contributed by atoms with Crippen LogP contribution in [0.15, 0.2) is 28.0 Å². The summed E-state index contributed by atoms with van der Waals surface area (Å²) in [7, 11) is -4.16. The Morgan fingerprint density at radius 3 is 2.19 bits per heavy atom. The lowest BCUT2D eigenvalue weighted by Gasteiger charge is -2.23. The van der Waals surface area contributed by atoms with Gasteiger partial charge in [0.1, 0.15) is 4.90 Å². The van der Waals surface area contributed by atoms with Crippen molar-refractivity contribution in [2.45, 2.75) is 42.5 Å². The Hall–Kier alpha value is -0.930. The van der Waals surface area contributed by atoms with Crippen LogP contribution < -0.4 is 9.46 Å². The van der Waals surface area contributed by atoms with Crippen LogP contribution in [0.25, 0.3) is 0 Å². The van der Waals surface area contributed by atoms with E-state index in [2.05, 4.69) is 9.46 Å². The molecule has 0 aromatic heterocycles. The summed E-state index contributed by atoms with van der Waals surface area (Å²) in [5, 5.41) is 0. The topological polar surface area (TPSA) is 55.4 Å². The first kappa shape index (κ1) is 18.1. The number of hydrogen-bond acceptors (Lipinski definition) is 4. The first-order valence-corrected chi connectivity index (χ1v) is 8.53. The second-order valence-corrected chi connectivity index (χ2v) is 7.66. The molecule has 0 bridgehead atoms. The van der Waals surface area contributed by atoms with Gasteiger partial charge in [-0.1, -0.05) is 6.07 Å². The monoisotopic (exact) mass is 343 g/mol. The van der Waals surface area contributed by atoms with Crippen LogP contribution in [0.3, 0.4) is 0 Å². The van der Waals surface area contributed by atoms with E-state index in [1.165, 1.54) is 12.1 Å². The molecule has 1 aromatic carbocycles. The lowest BCUT2D eigenvalue weighted by Crippen LogP contribution is -2.41. The van der Waals surface area contributed by atoms with Crippen molar-refractivity contribution >= 4 is 21.8 Å². The lowest BCUT2D eigenvalue weighted by atomic mass is 10.1. The summed E-state index contributed by atoms with van der Waals surface area (Å²) in [6.45, 7) is 4.78. The van der Waals surface area contributed by atoms with Gasteiger partial charge in [0.15, 0.2) is 5.75 Å². The minimum Gasteiger partial charge on any atom is -0.404 e. The van der Waals surface area contributed by atoms with Crippen molar-refractivity contribution in [2.24, 2.45) is 0 Å². The quantitative estimate of drug-likeness (QED) is 0.852. The first-order valence-electron chi connectivity index (χ1n) is 5.82. The largest absolute Gasteiger partial charge is 0.573 e. The molecule has 0 radical (unpaired) electrons. The third-order valence-electron chi connectivity index (χ3n) is 2.10. The Balaban J connectivity index is 3.45. The van der Waals surface area contributed by atoms with Crippen LogP contribution in [0.5, 0.6) is 5.75 Å². The summed E-state index contributed by atoms with van der Waals surface area (Å²) < 4.78 is 68.2. The van der Waals surface area contributed by atoms with Crippen molar-refractivity contribution in [1.82, 2.24) is 4.72 Å². The van der Waals surface area contributed by atoms with Crippen LogP contribution in [-0.2, 0) is 10.0 Å². The highest BCUT2D eigenvalue weighted by molar-refractivity contribution is 7.99. The summed E-state index contributed by atoms with van der Waals surface area (Å²) in [6, 6.07) is 3.71. The minimum absolute atomic E-state index is 0.175. The maximum atomic E-state index is 12.4. The van der Waals surface area contributed by atoms with Crippen molar-refractivity contribution in [3.63, 3.8) is 0 Å². The van der Waals surface area contributed by atoms with E-state index in [9.17, 15) is 21.6 Å². The van der Waals surface area contributed by atoms with Gasteiger partial charge in [-0.3, -0.25) is 0 Å². The molecule has 0 saturated carbocycles. The predicted octanol–water partition coefficient (Wildman–Crippen LogP) is 3.38. The predicted molar refractivity (Wildman–Crippen MR) is 75.0 cm³/mol. The van der Waals surface area contributed by atoms with Crippen LogP contribution in [0, 0.1) is 0 Å². The highest BCUT2D eigenvalue weighted by atomic mass is 32.2. The second-order valence-electron chi connectivity index (χ2n) is 5.19. The van der Waals surface area contributed by atoms with Crippen molar-refractivity contribution in [1.29, 1.82) is 0 Å². The molecule has 0 aliphatic heterocycles. The zero-order chi connectivity index (χ0) is 16.5. The van der Waals surface area contributed by atoms with E-state index in [4.69, 9.17) is 0 Å². The number of hydrogen-bond donors (Lipinski definition) is 1. The third-order valence-corrected chi connectivity index (χ3v) is 4.85. The zero-order valence-electron chi connectivity index (χ0n) is 11.9. The maximum Gasteiger partial charge on any atom is 0.573 e. The van der Waals surface area contributed by atoms with Crippen molar-refractivity contribution < 1.29 is 26.3 Å². The summed E-state index contributed by atoms with van der Waals surface area (Å²) in [4.78, 5) is -0.335. The number of alkyl halides is 3. The molecular weight excluding hydrogens is 327 g/mol. The Morgan fingerprint density at radius 2 is 1.76 bits per heavy atom. The van der Waals surface area contributed by atoms with Gasteiger partial charge in [-0.2, -0.15) is 0 Å². The Bertz CT molecular complexity index is 607. The van der Waals surface area contributed by atoms with Gasteiger partial charge < -0.3 is 4.74 Å². The van der Waals surface area contributed by atoms with Gasteiger partial charge in [0.25, 0.3) is 0 Å². The minimum atomic E-state index is -4.97. The fourth-order valence-electron chi connectivity index (χ4n) is 1.58. The molecule has 9 heteroatoms. The maximum absolute atomic E-state index is 12.4. The molecule has 0 aliphatic carbocycles. The molecule has 0 heterocycles. The Morgan fingerprint density at radius 1 is 1.19 bits per heavy atom. The number of benzene rings is 1. The van der Waals surface area contributed by atoms with Crippen LogP contribution >= 0.6 is 11.8 Å². The normalized spacial score (nSPS) is 13.3. The number of nitrogens with one attached hydrogen (secondary N) is 1. The van der Waals surface area contributed by atoms with E-state index in [1.54, 1.807) is 27.0 Å². The molecule has 0 amide bonds. The van der Waals surface area contributed by atoms with E-state index in [0.29, 0.717) is 0 Å². The van der Waals surface area contributed by atoms with Gasteiger partial charge in [0.2, 0.25) is 10.0 Å². The molecule has 0 unspecified atom stereocenters. The number of ether oxygens (including phenoxy) is 1. The van der Waals surface area contributed by atoms with Crippen LogP contribution in [0.1, 0.15) is 20.8 Å². The first-order chi connectivity index (χ1) is 9.36. The molecule has 120 valence electrons. The van der Waals surface area contributed by atoms with Crippen molar-refractivity contribution in [3.05, 3.63) is 18.2 Å².